The van der Waals surface area contributed by atoms with Gasteiger partial charge in [0.05, 0.1) is 6.20 Å². The first-order valence-corrected chi connectivity index (χ1v) is 8.64. The molecule has 1 saturated heterocycles. The Bertz CT molecular complexity index is 696. The molecular weight excluding hydrogens is 429 g/mol. The highest BCUT2D eigenvalue weighted by atomic mass is 79.9. The van der Waals surface area contributed by atoms with Crippen LogP contribution in [0.25, 0.3) is 11.3 Å². The maximum absolute atomic E-state index is 12.3. The van der Waals surface area contributed by atoms with Gasteiger partial charge >= 0.3 is 0 Å². The van der Waals surface area contributed by atoms with Crippen LogP contribution in [0.4, 0.5) is 0 Å². The summed E-state index contributed by atoms with van der Waals surface area (Å²) in [5.74, 6) is 1.49. The highest BCUT2D eigenvalue weighted by Crippen LogP contribution is 2.28. The number of hydrogen-bond donors (Lipinski definition) is 1. The second-order valence-corrected chi connectivity index (χ2v) is 6.59. The van der Waals surface area contributed by atoms with Gasteiger partial charge in [0.15, 0.2) is 11.7 Å². The molecular formula is C17H22BrCl2N3O2. The van der Waals surface area contributed by atoms with Crippen molar-refractivity contribution >= 4 is 46.7 Å². The summed E-state index contributed by atoms with van der Waals surface area (Å²) < 4.78 is 6.76. The molecule has 25 heavy (non-hydrogen) atoms. The van der Waals surface area contributed by atoms with E-state index < -0.39 is 0 Å². The molecule has 1 atom stereocenters. The van der Waals surface area contributed by atoms with Crippen molar-refractivity contribution in [3.63, 3.8) is 0 Å². The smallest absolute Gasteiger partial charge is 0.223 e. The Morgan fingerprint density at radius 3 is 2.88 bits per heavy atom. The van der Waals surface area contributed by atoms with Gasteiger partial charge in [-0.1, -0.05) is 34.1 Å². The van der Waals surface area contributed by atoms with Gasteiger partial charge in [0.25, 0.3) is 0 Å². The minimum Gasteiger partial charge on any atom is -0.441 e. The number of nitrogens with zero attached hydrogens (tertiary/aromatic N) is 2. The Balaban J connectivity index is 0.00000156. The molecule has 0 spiro atoms. The van der Waals surface area contributed by atoms with E-state index in [1.54, 1.807) is 6.20 Å². The highest BCUT2D eigenvalue weighted by molar-refractivity contribution is 9.10. The van der Waals surface area contributed by atoms with Gasteiger partial charge in [-0.3, -0.25) is 4.79 Å². The van der Waals surface area contributed by atoms with Crippen molar-refractivity contribution in [1.29, 1.82) is 0 Å². The van der Waals surface area contributed by atoms with E-state index >= 15 is 0 Å². The van der Waals surface area contributed by atoms with Crippen LogP contribution in [0.1, 0.15) is 19.2 Å². The third-order valence-corrected chi connectivity index (χ3v) is 4.76. The van der Waals surface area contributed by atoms with Crippen molar-refractivity contribution < 1.29 is 9.21 Å². The van der Waals surface area contributed by atoms with Crippen LogP contribution in [0.15, 0.2) is 39.4 Å². The van der Waals surface area contributed by atoms with E-state index in [4.69, 9.17) is 4.42 Å². The molecule has 0 radical (unpaired) electrons. The quantitative estimate of drug-likeness (QED) is 0.771. The van der Waals surface area contributed by atoms with Gasteiger partial charge in [0, 0.05) is 48.6 Å². The van der Waals surface area contributed by atoms with Crippen LogP contribution >= 0.6 is 40.7 Å². The fourth-order valence-corrected chi connectivity index (χ4v) is 3.26. The van der Waals surface area contributed by atoms with E-state index in [0.717, 1.165) is 35.4 Å². The molecule has 5 nitrogen and oxygen atoms in total. The molecule has 8 heteroatoms. The summed E-state index contributed by atoms with van der Waals surface area (Å²) in [6.45, 7) is 4.56. The van der Waals surface area contributed by atoms with Crippen LogP contribution in [0, 0.1) is 0 Å². The van der Waals surface area contributed by atoms with Crippen LogP contribution < -0.4 is 5.32 Å². The number of carbonyl (C=O) groups excluding carboxylic acids is 1. The molecule has 138 valence electrons. The molecule has 2 heterocycles. The van der Waals surface area contributed by atoms with E-state index in [1.165, 1.54) is 0 Å². The number of amides is 1. The molecule has 3 rings (SSSR count). The van der Waals surface area contributed by atoms with Crippen molar-refractivity contribution in [2.75, 3.05) is 19.6 Å². The lowest BCUT2D eigenvalue weighted by molar-refractivity contribution is -0.134. The SMILES string of the molecule is CC1CNCCN1C(=O)CCc1ncc(-c2ccccc2Br)o1.Cl.Cl. The molecule has 1 aromatic carbocycles. The average Bonchev–Trinajstić information content (AvgIpc) is 3.02. The largest absolute Gasteiger partial charge is 0.441 e. The second-order valence-electron chi connectivity index (χ2n) is 5.74. The van der Waals surface area contributed by atoms with E-state index in [1.807, 2.05) is 29.2 Å². The molecule has 1 amide bonds. The first-order chi connectivity index (χ1) is 11.1. The van der Waals surface area contributed by atoms with Gasteiger partial charge in [-0.2, -0.15) is 0 Å². The number of aromatic nitrogens is 1. The lowest BCUT2D eigenvalue weighted by Gasteiger charge is -2.34. The third-order valence-electron chi connectivity index (χ3n) is 4.07. The predicted octanol–water partition coefficient (Wildman–Crippen LogP) is 3.70. The summed E-state index contributed by atoms with van der Waals surface area (Å²) in [7, 11) is 0. The Morgan fingerprint density at radius 1 is 1.40 bits per heavy atom. The predicted molar refractivity (Wildman–Crippen MR) is 107 cm³/mol. The Morgan fingerprint density at radius 2 is 2.16 bits per heavy atom. The zero-order chi connectivity index (χ0) is 16.2. The van der Waals surface area contributed by atoms with Crippen LogP contribution in [-0.4, -0.2) is 41.5 Å². The van der Waals surface area contributed by atoms with E-state index in [9.17, 15) is 4.79 Å². The summed E-state index contributed by atoms with van der Waals surface area (Å²) in [6.07, 6.45) is 2.67. The highest BCUT2D eigenvalue weighted by Gasteiger charge is 2.23. The van der Waals surface area contributed by atoms with Gasteiger partial charge in [0.2, 0.25) is 5.91 Å². The van der Waals surface area contributed by atoms with Crippen LogP contribution in [0.3, 0.4) is 0 Å². The van der Waals surface area contributed by atoms with Crippen LogP contribution in [0.5, 0.6) is 0 Å². The number of piperazine rings is 1. The van der Waals surface area contributed by atoms with Crippen molar-refractivity contribution in [2.45, 2.75) is 25.8 Å². The fraction of sp³-hybridized carbons (Fsp3) is 0.412. The zero-order valence-corrected chi connectivity index (χ0v) is 17.1. The molecule has 1 fully saturated rings. The van der Waals surface area contributed by atoms with Gasteiger partial charge in [-0.25, -0.2) is 4.98 Å². The molecule has 0 bridgehead atoms. The number of rotatable bonds is 4. The van der Waals surface area contributed by atoms with Crippen molar-refractivity contribution in [3.8, 4) is 11.3 Å². The topological polar surface area (TPSA) is 58.4 Å². The summed E-state index contributed by atoms with van der Waals surface area (Å²) in [4.78, 5) is 18.6. The van der Waals surface area contributed by atoms with Gasteiger partial charge in [0.1, 0.15) is 0 Å². The minimum absolute atomic E-state index is 0. The number of benzene rings is 1. The number of hydrogen-bond acceptors (Lipinski definition) is 4. The third kappa shape index (κ3) is 5.45. The zero-order valence-electron chi connectivity index (χ0n) is 13.9. The summed E-state index contributed by atoms with van der Waals surface area (Å²) in [5, 5.41) is 3.29. The van der Waals surface area contributed by atoms with E-state index in [-0.39, 0.29) is 36.8 Å². The average molecular weight is 451 g/mol. The van der Waals surface area contributed by atoms with E-state index in [2.05, 4.69) is 33.2 Å². The monoisotopic (exact) mass is 449 g/mol. The molecule has 1 aromatic heterocycles. The number of oxazole rings is 1. The Labute approximate surface area is 168 Å². The first kappa shape index (κ1) is 22.0. The number of carbonyl (C=O) groups is 1. The fourth-order valence-electron chi connectivity index (χ4n) is 2.78. The number of nitrogens with one attached hydrogen (secondary N) is 1. The second kappa shape index (κ2) is 10.2. The van der Waals surface area contributed by atoms with Gasteiger partial charge in [-0.05, 0) is 13.0 Å². The summed E-state index contributed by atoms with van der Waals surface area (Å²) in [6, 6.07) is 8.10. The molecule has 2 aromatic rings. The first-order valence-electron chi connectivity index (χ1n) is 7.85. The molecule has 1 N–H and O–H groups in total. The summed E-state index contributed by atoms with van der Waals surface area (Å²) in [5.41, 5.74) is 0.966. The molecule has 1 unspecified atom stereocenters. The van der Waals surface area contributed by atoms with E-state index in [0.29, 0.717) is 18.7 Å². The lowest BCUT2D eigenvalue weighted by Crippen LogP contribution is -2.52. The Kier molecular flexibility index (Phi) is 8.93. The normalized spacial score (nSPS) is 16.7. The summed E-state index contributed by atoms with van der Waals surface area (Å²) >= 11 is 3.51. The molecule has 0 aliphatic carbocycles. The van der Waals surface area contributed by atoms with Gasteiger partial charge in [-0.15, -0.1) is 24.8 Å². The molecule has 1 aliphatic heterocycles. The van der Waals surface area contributed by atoms with Crippen molar-refractivity contribution in [1.82, 2.24) is 15.2 Å². The number of halogens is 3. The standard InChI is InChI=1S/C17H20BrN3O2.2ClH/c1-12-10-19-8-9-21(12)17(22)7-6-16-20-11-15(23-16)13-4-2-3-5-14(13)18;;/h2-5,11-12,19H,6-10H2,1H3;2*1H. The van der Waals surface area contributed by atoms with Crippen LogP contribution in [0.2, 0.25) is 0 Å². The maximum Gasteiger partial charge on any atom is 0.223 e. The number of aryl methyl sites for hydroxylation is 1. The molecule has 1 aliphatic rings. The van der Waals surface area contributed by atoms with Crippen molar-refractivity contribution in [3.05, 3.63) is 40.8 Å². The minimum atomic E-state index is 0. The van der Waals surface area contributed by atoms with Crippen LogP contribution in [-0.2, 0) is 11.2 Å². The maximum atomic E-state index is 12.3. The molecule has 0 saturated carbocycles. The Hall–Kier alpha value is -1.08. The lowest BCUT2D eigenvalue weighted by atomic mass is 10.2. The van der Waals surface area contributed by atoms with Gasteiger partial charge < -0.3 is 14.6 Å². The van der Waals surface area contributed by atoms with Crippen molar-refractivity contribution in [2.24, 2.45) is 0 Å².